The number of nitrogens with zero attached hydrogens (tertiary/aromatic N) is 2. The third-order valence-electron chi connectivity index (χ3n) is 3.88. The van der Waals surface area contributed by atoms with Crippen molar-refractivity contribution in [3.05, 3.63) is 11.4 Å². The molecule has 2 rings (SSSR count). The fraction of sp³-hybridized carbons (Fsp3) is 0.692. The minimum absolute atomic E-state index is 0.114. The SMILES string of the molecule is CCc1[nH]nc(C(=O)N2CCCC(C)(OC)C2)c1N. The maximum atomic E-state index is 12.5. The summed E-state index contributed by atoms with van der Waals surface area (Å²) in [6.45, 7) is 5.31. The van der Waals surface area contributed by atoms with E-state index in [0.29, 0.717) is 17.9 Å². The summed E-state index contributed by atoms with van der Waals surface area (Å²) < 4.78 is 5.50. The maximum absolute atomic E-state index is 12.5. The van der Waals surface area contributed by atoms with E-state index in [1.165, 1.54) is 0 Å². The number of nitrogen functional groups attached to an aromatic ring is 1. The predicted octanol–water partition coefficient (Wildman–Crippen LogP) is 1.20. The molecule has 1 aromatic heterocycles. The van der Waals surface area contributed by atoms with Crippen LogP contribution in [-0.2, 0) is 11.2 Å². The highest BCUT2D eigenvalue weighted by Gasteiger charge is 2.34. The zero-order valence-electron chi connectivity index (χ0n) is 11.8. The second-order valence-electron chi connectivity index (χ2n) is 5.30. The molecule has 2 heterocycles. The van der Waals surface area contributed by atoms with Crippen molar-refractivity contribution in [3.8, 4) is 0 Å². The molecule has 1 aromatic rings. The Bertz CT molecular complexity index is 471. The first-order valence-corrected chi connectivity index (χ1v) is 6.68. The predicted molar refractivity (Wildman–Crippen MR) is 72.9 cm³/mol. The van der Waals surface area contributed by atoms with Crippen molar-refractivity contribution in [2.24, 2.45) is 0 Å². The molecule has 0 aromatic carbocycles. The number of methoxy groups -OCH3 is 1. The number of hydrogen-bond acceptors (Lipinski definition) is 4. The first kappa shape index (κ1) is 13.9. The van der Waals surface area contributed by atoms with Gasteiger partial charge in [0, 0.05) is 20.2 Å². The summed E-state index contributed by atoms with van der Waals surface area (Å²) in [7, 11) is 1.69. The molecule has 0 radical (unpaired) electrons. The second-order valence-corrected chi connectivity index (χ2v) is 5.30. The molecule has 0 aliphatic carbocycles. The Kier molecular flexibility index (Phi) is 3.80. The maximum Gasteiger partial charge on any atom is 0.276 e. The van der Waals surface area contributed by atoms with E-state index in [1.54, 1.807) is 12.0 Å². The zero-order chi connectivity index (χ0) is 14.0. The lowest BCUT2D eigenvalue weighted by atomic mass is 9.94. The number of hydrogen-bond donors (Lipinski definition) is 2. The summed E-state index contributed by atoms with van der Waals surface area (Å²) >= 11 is 0. The molecule has 1 atom stereocenters. The van der Waals surface area contributed by atoms with Crippen LogP contribution in [0, 0.1) is 0 Å². The quantitative estimate of drug-likeness (QED) is 0.861. The van der Waals surface area contributed by atoms with E-state index >= 15 is 0 Å². The number of rotatable bonds is 3. The molecule has 0 spiro atoms. The van der Waals surface area contributed by atoms with Crippen LogP contribution in [0.1, 0.15) is 42.9 Å². The van der Waals surface area contributed by atoms with Crippen LogP contribution in [-0.4, -0.2) is 46.8 Å². The molecule has 1 saturated heterocycles. The highest BCUT2D eigenvalue weighted by Crippen LogP contribution is 2.26. The number of likely N-dealkylation sites (tertiary alicyclic amines) is 1. The number of ether oxygens (including phenoxy) is 1. The number of carbonyl (C=O) groups excluding carboxylic acids is 1. The first-order chi connectivity index (χ1) is 9.00. The highest BCUT2D eigenvalue weighted by molar-refractivity contribution is 5.97. The molecule has 1 aliphatic heterocycles. The normalized spacial score (nSPS) is 23.6. The Balaban J connectivity index is 2.17. The van der Waals surface area contributed by atoms with Crippen molar-refractivity contribution in [3.63, 3.8) is 0 Å². The van der Waals surface area contributed by atoms with Gasteiger partial charge < -0.3 is 15.4 Å². The van der Waals surface area contributed by atoms with Crippen molar-refractivity contribution < 1.29 is 9.53 Å². The van der Waals surface area contributed by atoms with Gasteiger partial charge in [0.25, 0.3) is 5.91 Å². The molecule has 6 heteroatoms. The molecule has 19 heavy (non-hydrogen) atoms. The lowest BCUT2D eigenvalue weighted by Gasteiger charge is -2.39. The van der Waals surface area contributed by atoms with Crippen molar-refractivity contribution in [2.45, 2.75) is 38.7 Å². The molecule has 1 unspecified atom stereocenters. The van der Waals surface area contributed by atoms with Gasteiger partial charge in [-0.25, -0.2) is 0 Å². The van der Waals surface area contributed by atoms with Crippen LogP contribution in [0.2, 0.25) is 0 Å². The van der Waals surface area contributed by atoms with E-state index < -0.39 is 0 Å². The molecule has 6 nitrogen and oxygen atoms in total. The summed E-state index contributed by atoms with van der Waals surface area (Å²) in [6.07, 6.45) is 2.63. The second kappa shape index (κ2) is 5.21. The van der Waals surface area contributed by atoms with Gasteiger partial charge in [-0.3, -0.25) is 9.89 Å². The summed E-state index contributed by atoms with van der Waals surface area (Å²) in [5, 5.41) is 6.88. The van der Waals surface area contributed by atoms with Crippen LogP contribution < -0.4 is 5.73 Å². The third-order valence-corrected chi connectivity index (χ3v) is 3.88. The van der Waals surface area contributed by atoms with Crippen LogP contribution in [0.15, 0.2) is 0 Å². The van der Waals surface area contributed by atoms with Crippen LogP contribution >= 0.6 is 0 Å². The summed E-state index contributed by atoms with van der Waals surface area (Å²) in [4.78, 5) is 14.2. The van der Waals surface area contributed by atoms with Gasteiger partial charge in [-0.05, 0) is 26.2 Å². The minimum atomic E-state index is -0.271. The Morgan fingerprint density at radius 2 is 2.37 bits per heavy atom. The number of nitrogens with two attached hydrogens (primary N) is 1. The van der Waals surface area contributed by atoms with E-state index in [9.17, 15) is 4.79 Å². The van der Waals surface area contributed by atoms with E-state index in [2.05, 4.69) is 10.2 Å². The van der Waals surface area contributed by atoms with Gasteiger partial charge in [0.05, 0.1) is 17.0 Å². The van der Waals surface area contributed by atoms with E-state index in [4.69, 9.17) is 10.5 Å². The van der Waals surface area contributed by atoms with E-state index in [1.807, 2.05) is 13.8 Å². The third kappa shape index (κ3) is 2.58. The zero-order valence-corrected chi connectivity index (χ0v) is 11.8. The van der Waals surface area contributed by atoms with Gasteiger partial charge in [-0.15, -0.1) is 0 Å². The average Bonchev–Trinajstić information content (AvgIpc) is 2.79. The largest absolute Gasteiger partial charge is 0.395 e. The molecule has 0 saturated carbocycles. The number of piperidine rings is 1. The summed E-state index contributed by atoms with van der Waals surface area (Å²) in [5.74, 6) is -0.114. The molecule has 1 aliphatic rings. The van der Waals surface area contributed by atoms with Crippen molar-refractivity contribution >= 4 is 11.6 Å². The number of aromatic amines is 1. The molecular weight excluding hydrogens is 244 g/mol. The van der Waals surface area contributed by atoms with Gasteiger partial charge in [0.15, 0.2) is 5.69 Å². The lowest BCUT2D eigenvalue weighted by Crippen LogP contribution is -2.49. The highest BCUT2D eigenvalue weighted by atomic mass is 16.5. The average molecular weight is 266 g/mol. The molecule has 1 amide bonds. The molecular formula is C13H22N4O2. The number of aromatic nitrogens is 2. The summed E-state index contributed by atoms with van der Waals surface area (Å²) in [6, 6.07) is 0. The van der Waals surface area contributed by atoms with Gasteiger partial charge in [-0.1, -0.05) is 6.92 Å². The van der Waals surface area contributed by atoms with E-state index in [0.717, 1.165) is 31.5 Å². The van der Waals surface area contributed by atoms with E-state index in [-0.39, 0.29) is 11.5 Å². The smallest absolute Gasteiger partial charge is 0.276 e. The topological polar surface area (TPSA) is 84.2 Å². The monoisotopic (exact) mass is 266 g/mol. The number of aryl methyl sites for hydroxylation is 1. The number of nitrogens with one attached hydrogen (secondary N) is 1. The number of amides is 1. The Hall–Kier alpha value is -1.56. The number of H-pyrrole nitrogens is 1. The van der Waals surface area contributed by atoms with Gasteiger partial charge in [0.1, 0.15) is 0 Å². The van der Waals surface area contributed by atoms with Crippen molar-refractivity contribution in [1.29, 1.82) is 0 Å². The van der Waals surface area contributed by atoms with Crippen LogP contribution in [0.25, 0.3) is 0 Å². The fourth-order valence-corrected chi connectivity index (χ4v) is 2.51. The van der Waals surface area contributed by atoms with Crippen LogP contribution in [0.4, 0.5) is 5.69 Å². The van der Waals surface area contributed by atoms with Crippen molar-refractivity contribution in [1.82, 2.24) is 15.1 Å². The summed E-state index contributed by atoms with van der Waals surface area (Å²) in [5.41, 5.74) is 7.29. The lowest BCUT2D eigenvalue weighted by molar-refractivity contribution is -0.0441. The molecule has 106 valence electrons. The minimum Gasteiger partial charge on any atom is -0.395 e. The van der Waals surface area contributed by atoms with Crippen LogP contribution in [0.3, 0.4) is 0 Å². The van der Waals surface area contributed by atoms with Crippen LogP contribution in [0.5, 0.6) is 0 Å². The number of carbonyl (C=O) groups is 1. The fourth-order valence-electron chi connectivity index (χ4n) is 2.51. The standard InChI is InChI=1S/C13H22N4O2/c1-4-9-10(14)11(16-15-9)12(18)17-7-5-6-13(2,8-17)19-3/h4-8,14H2,1-3H3,(H,15,16). The Morgan fingerprint density at radius 1 is 1.63 bits per heavy atom. The van der Waals surface area contributed by atoms with Gasteiger partial charge in [-0.2, -0.15) is 5.10 Å². The molecule has 3 N–H and O–H groups in total. The molecule has 1 fully saturated rings. The Labute approximate surface area is 113 Å². The Morgan fingerprint density at radius 3 is 2.95 bits per heavy atom. The number of anilines is 1. The van der Waals surface area contributed by atoms with Crippen molar-refractivity contribution in [2.75, 3.05) is 25.9 Å². The van der Waals surface area contributed by atoms with Gasteiger partial charge >= 0.3 is 0 Å². The molecule has 0 bridgehead atoms. The first-order valence-electron chi connectivity index (χ1n) is 6.68. The van der Waals surface area contributed by atoms with Gasteiger partial charge in [0.2, 0.25) is 0 Å².